The molecule has 1 heterocycles. The molecule has 0 aliphatic heterocycles. The van der Waals surface area contributed by atoms with Gasteiger partial charge in [0.05, 0.1) is 0 Å². The van der Waals surface area contributed by atoms with Gasteiger partial charge < -0.3 is 10.3 Å². The maximum atomic E-state index is 5.66. The molecular formula is C16H22N2. The molecule has 0 spiro atoms. The molecule has 0 saturated heterocycles. The summed E-state index contributed by atoms with van der Waals surface area (Å²) in [4.78, 5) is 0. The lowest BCUT2D eigenvalue weighted by atomic mass is 10.1. The molecule has 0 saturated carbocycles. The Hall–Kier alpha value is -1.54. The van der Waals surface area contributed by atoms with Crippen LogP contribution in [-0.4, -0.2) is 11.1 Å². The number of aryl methyl sites for hydroxylation is 3. The van der Waals surface area contributed by atoms with Gasteiger partial charge in [-0.25, -0.2) is 0 Å². The molecule has 0 amide bonds. The van der Waals surface area contributed by atoms with E-state index in [4.69, 9.17) is 5.73 Å². The standard InChI is InChI=1S/C16H22N2/c1-11-5-6-16(9-12(11)2)18-13(3)10-15(7-8-17)14(18)4/h5-6,9-10H,7-8,17H2,1-4H3. The van der Waals surface area contributed by atoms with Gasteiger partial charge in [0.15, 0.2) is 0 Å². The number of aromatic nitrogens is 1. The Morgan fingerprint density at radius 1 is 1.00 bits per heavy atom. The van der Waals surface area contributed by atoms with Gasteiger partial charge in [0.2, 0.25) is 0 Å². The van der Waals surface area contributed by atoms with Crippen molar-refractivity contribution in [3.8, 4) is 5.69 Å². The molecule has 1 aromatic heterocycles. The van der Waals surface area contributed by atoms with Crippen molar-refractivity contribution >= 4 is 0 Å². The summed E-state index contributed by atoms with van der Waals surface area (Å²) in [6, 6.07) is 8.87. The highest BCUT2D eigenvalue weighted by Gasteiger charge is 2.10. The summed E-state index contributed by atoms with van der Waals surface area (Å²) >= 11 is 0. The van der Waals surface area contributed by atoms with E-state index in [1.807, 2.05) is 0 Å². The van der Waals surface area contributed by atoms with Crippen molar-refractivity contribution in [1.82, 2.24) is 4.57 Å². The lowest BCUT2D eigenvalue weighted by Gasteiger charge is -2.12. The number of nitrogens with two attached hydrogens (primary N) is 1. The number of rotatable bonds is 3. The fourth-order valence-electron chi connectivity index (χ4n) is 2.50. The van der Waals surface area contributed by atoms with Crippen LogP contribution in [0.5, 0.6) is 0 Å². The second-order valence-corrected chi connectivity index (χ2v) is 5.04. The van der Waals surface area contributed by atoms with Crippen molar-refractivity contribution in [3.63, 3.8) is 0 Å². The van der Waals surface area contributed by atoms with E-state index in [0.29, 0.717) is 6.54 Å². The minimum Gasteiger partial charge on any atom is -0.330 e. The maximum Gasteiger partial charge on any atom is 0.0457 e. The molecule has 2 rings (SSSR count). The molecule has 0 unspecified atom stereocenters. The molecule has 1 aromatic carbocycles. The van der Waals surface area contributed by atoms with Crippen LogP contribution in [0.4, 0.5) is 0 Å². The first-order chi connectivity index (χ1) is 8.54. The van der Waals surface area contributed by atoms with Crippen LogP contribution >= 0.6 is 0 Å². The minimum atomic E-state index is 0.706. The average molecular weight is 242 g/mol. The summed E-state index contributed by atoms with van der Waals surface area (Å²) < 4.78 is 2.32. The van der Waals surface area contributed by atoms with Crippen LogP contribution in [0.1, 0.15) is 28.1 Å². The molecular weight excluding hydrogens is 220 g/mol. The van der Waals surface area contributed by atoms with Crippen molar-refractivity contribution in [1.29, 1.82) is 0 Å². The van der Waals surface area contributed by atoms with Crippen molar-refractivity contribution in [2.75, 3.05) is 6.54 Å². The van der Waals surface area contributed by atoms with E-state index in [1.54, 1.807) is 0 Å². The fourth-order valence-corrected chi connectivity index (χ4v) is 2.50. The Bertz CT molecular complexity index is 565. The number of hydrogen-bond acceptors (Lipinski definition) is 1. The molecule has 96 valence electrons. The van der Waals surface area contributed by atoms with Gasteiger partial charge in [0, 0.05) is 17.1 Å². The van der Waals surface area contributed by atoms with Gasteiger partial charge in [-0.3, -0.25) is 0 Å². The van der Waals surface area contributed by atoms with E-state index in [9.17, 15) is 0 Å². The first-order valence-corrected chi connectivity index (χ1v) is 6.50. The number of hydrogen-bond donors (Lipinski definition) is 1. The van der Waals surface area contributed by atoms with Crippen LogP contribution in [0.15, 0.2) is 24.3 Å². The normalized spacial score (nSPS) is 10.9. The number of nitrogens with zero attached hydrogens (tertiary/aromatic N) is 1. The van der Waals surface area contributed by atoms with E-state index in [0.717, 1.165) is 6.42 Å². The van der Waals surface area contributed by atoms with Crippen LogP contribution in [0, 0.1) is 27.7 Å². The van der Waals surface area contributed by atoms with Gasteiger partial charge in [0.25, 0.3) is 0 Å². The predicted molar refractivity (Wildman–Crippen MR) is 77.5 cm³/mol. The molecule has 0 atom stereocenters. The van der Waals surface area contributed by atoms with E-state index in [2.05, 4.69) is 56.5 Å². The molecule has 0 bridgehead atoms. The zero-order valence-electron chi connectivity index (χ0n) is 11.7. The van der Waals surface area contributed by atoms with E-state index in [-0.39, 0.29) is 0 Å². The van der Waals surface area contributed by atoms with Gasteiger partial charge in [0.1, 0.15) is 0 Å². The zero-order valence-corrected chi connectivity index (χ0v) is 11.7. The third-order valence-electron chi connectivity index (χ3n) is 3.70. The largest absolute Gasteiger partial charge is 0.330 e. The summed E-state index contributed by atoms with van der Waals surface area (Å²) in [5, 5.41) is 0. The van der Waals surface area contributed by atoms with Crippen molar-refractivity contribution in [2.24, 2.45) is 5.73 Å². The Morgan fingerprint density at radius 2 is 1.72 bits per heavy atom. The minimum absolute atomic E-state index is 0.706. The van der Waals surface area contributed by atoms with Gasteiger partial charge in [-0.2, -0.15) is 0 Å². The molecule has 0 fully saturated rings. The van der Waals surface area contributed by atoms with E-state index >= 15 is 0 Å². The molecule has 2 nitrogen and oxygen atoms in total. The Morgan fingerprint density at radius 3 is 2.33 bits per heavy atom. The average Bonchev–Trinajstić information content (AvgIpc) is 2.59. The van der Waals surface area contributed by atoms with E-state index in [1.165, 1.54) is 33.8 Å². The van der Waals surface area contributed by atoms with Crippen molar-refractivity contribution in [2.45, 2.75) is 34.1 Å². The first-order valence-electron chi connectivity index (χ1n) is 6.50. The summed E-state index contributed by atoms with van der Waals surface area (Å²) in [6.07, 6.45) is 0.949. The first kappa shape index (κ1) is 12.9. The summed E-state index contributed by atoms with van der Waals surface area (Å²) in [5.41, 5.74) is 13.5. The van der Waals surface area contributed by atoms with Gasteiger partial charge in [-0.15, -0.1) is 0 Å². The molecule has 2 N–H and O–H groups in total. The number of benzene rings is 1. The highest BCUT2D eigenvalue weighted by molar-refractivity contribution is 5.45. The molecule has 0 aliphatic carbocycles. The van der Waals surface area contributed by atoms with Crippen molar-refractivity contribution < 1.29 is 0 Å². The van der Waals surface area contributed by atoms with Crippen molar-refractivity contribution in [3.05, 3.63) is 52.3 Å². The van der Waals surface area contributed by atoms with E-state index < -0.39 is 0 Å². The Balaban J connectivity index is 2.53. The van der Waals surface area contributed by atoms with Gasteiger partial charge >= 0.3 is 0 Å². The van der Waals surface area contributed by atoms with Crippen LogP contribution in [-0.2, 0) is 6.42 Å². The Labute approximate surface area is 109 Å². The molecule has 0 radical (unpaired) electrons. The predicted octanol–water partition coefficient (Wildman–Crippen LogP) is 3.21. The third-order valence-corrected chi connectivity index (χ3v) is 3.70. The summed E-state index contributed by atoms with van der Waals surface area (Å²) in [6.45, 7) is 9.34. The highest BCUT2D eigenvalue weighted by atomic mass is 15.0. The maximum absolute atomic E-state index is 5.66. The zero-order chi connectivity index (χ0) is 13.3. The van der Waals surface area contributed by atoms with Crippen LogP contribution in [0.3, 0.4) is 0 Å². The van der Waals surface area contributed by atoms with Gasteiger partial charge in [-0.05, 0) is 75.5 Å². The fraction of sp³-hybridized carbons (Fsp3) is 0.375. The van der Waals surface area contributed by atoms with Crippen LogP contribution < -0.4 is 5.73 Å². The SMILES string of the molecule is Cc1ccc(-n2c(C)cc(CCN)c2C)cc1C. The molecule has 2 heteroatoms. The second kappa shape index (κ2) is 4.99. The lowest BCUT2D eigenvalue weighted by Crippen LogP contribution is -2.05. The third kappa shape index (κ3) is 2.21. The monoisotopic (exact) mass is 242 g/mol. The Kier molecular flexibility index (Phi) is 3.58. The summed E-state index contributed by atoms with van der Waals surface area (Å²) in [5.74, 6) is 0. The smallest absolute Gasteiger partial charge is 0.0457 e. The molecule has 18 heavy (non-hydrogen) atoms. The lowest BCUT2D eigenvalue weighted by molar-refractivity contribution is 0.919. The molecule has 0 aliphatic rings. The highest BCUT2D eigenvalue weighted by Crippen LogP contribution is 2.22. The van der Waals surface area contributed by atoms with Gasteiger partial charge in [-0.1, -0.05) is 6.07 Å². The topological polar surface area (TPSA) is 30.9 Å². The molecule has 2 aromatic rings. The quantitative estimate of drug-likeness (QED) is 0.880. The van der Waals surface area contributed by atoms with Crippen LogP contribution in [0.25, 0.3) is 5.69 Å². The summed E-state index contributed by atoms with van der Waals surface area (Å²) in [7, 11) is 0. The van der Waals surface area contributed by atoms with Crippen LogP contribution in [0.2, 0.25) is 0 Å². The second-order valence-electron chi connectivity index (χ2n) is 5.04.